The van der Waals surface area contributed by atoms with Crippen molar-refractivity contribution in [3.8, 4) is 0 Å². The summed E-state index contributed by atoms with van der Waals surface area (Å²) in [6.07, 6.45) is 1.62. The van der Waals surface area contributed by atoms with Gasteiger partial charge in [0.2, 0.25) is 11.8 Å². The van der Waals surface area contributed by atoms with Crippen molar-refractivity contribution in [3.05, 3.63) is 0 Å². The second-order valence-electron chi connectivity index (χ2n) is 5.02. The first kappa shape index (κ1) is 15.9. The van der Waals surface area contributed by atoms with E-state index in [0.29, 0.717) is 32.4 Å². The minimum atomic E-state index is -0.530. The Morgan fingerprint density at radius 3 is 2.79 bits per heavy atom. The summed E-state index contributed by atoms with van der Waals surface area (Å²) >= 11 is 0. The van der Waals surface area contributed by atoms with Gasteiger partial charge in [-0.25, -0.2) is 0 Å². The van der Waals surface area contributed by atoms with Gasteiger partial charge in [0.25, 0.3) is 0 Å². The average Bonchev–Trinajstić information content (AvgIpc) is 2.38. The van der Waals surface area contributed by atoms with Crippen molar-refractivity contribution in [1.29, 1.82) is 0 Å². The summed E-state index contributed by atoms with van der Waals surface area (Å²) in [4.78, 5) is 25.7. The maximum absolute atomic E-state index is 12.1. The predicted molar refractivity (Wildman–Crippen MR) is 70.5 cm³/mol. The van der Waals surface area contributed by atoms with E-state index in [1.165, 1.54) is 0 Å². The number of nitrogens with one attached hydrogen (secondary N) is 1. The molecule has 2 amide bonds. The van der Waals surface area contributed by atoms with E-state index in [-0.39, 0.29) is 31.1 Å². The molecule has 0 aromatic rings. The Kier molecular flexibility index (Phi) is 6.80. The van der Waals surface area contributed by atoms with Gasteiger partial charge in [0.05, 0.1) is 13.2 Å². The molecule has 0 bridgehead atoms. The maximum Gasteiger partial charge on any atom is 0.245 e. The largest absolute Gasteiger partial charge is 0.396 e. The van der Waals surface area contributed by atoms with E-state index in [0.717, 1.165) is 0 Å². The van der Waals surface area contributed by atoms with Gasteiger partial charge in [0, 0.05) is 25.6 Å². The Balaban J connectivity index is 2.56. The number of morpholine rings is 1. The SMILES string of the molecule is CC(C)NC(=O)C1COCCN1C(=O)CCCCO. The summed E-state index contributed by atoms with van der Waals surface area (Å²) in [5, 5.41) is 11.5. The topological polar surface area (TPSA) is 78.9 Å². The van der Waals surface area contributed by atoms with Crippen molar-refractivity contribution < 1.29 is 19.4 Å². The lowest BCUT2D eigenvalue weighted by Gasteiger charge is -2.35. The monoisotopic (exact) mass is 272 g/mol. The van der Waals surface area contributed by atoms with Crippen LogP contribution in [-0.2, 0) is 14.3 Å². The Morgan fingerprint density at radius 1 is 1.42 bits per heavy atom. The van der Waals surface area contributed by atoms with Crippen LogP contribution in [0.2, 0.25) is 0 Å². The molecule has 110 valence electrons. The molecule has 0 saturated carbocycles. The predicted octanol–water partition coefficient (Wildman–Crippen LogP) is -0.0990. The number of unbranched alkanes of at least 4 members (excludes halogenated alkanes) is 1. The number of amides is 2. The van der Waals surface area contributed by atoms with Crippen LogP contribution in [0.1, 0.15) is 33.1 Å². The second-order valence-corrected chi connectivity index (χ2v) is 5.02. The molecule has 0 radical (unpaired) electrons. The molecule has 0 aromatic heterocycles. The molecule has 0 aromatic carbocycles. The van der Waals surface area contributed by atoms with E-state index in [2.05, 4.69) is 5.32 Å². The summed E-state index contributed by atoms with van der Waals surface area (Å²) < 4.78 is 5.30. The summed E-state index contributed by atoms with van der Waals surface area (Å²) in [7, 11) is 0. The Bertz CT molecular complexity index is 307. The number of hydrogen-bond donors (Lipinski definition) is 2. The minimum Gasteiger partial charge on any atom is -0.396 e. The van der Waals surface area contributed by atoms with Crippen LogP contribution in [0.4, 0.5) is 0 Å². The third kappa shape index (κ3) is 5.16. The first-order chi connectivity index (χ1) is 9.06. The van der Waals surface area contributed by atoms with Crippen molar-refractivity contribution in [2.75, 3.05) is 26.4 Å². The van der Waals surface area contributed by atoms with Crippen molar-refractivity contribution in [1.82, 2.24) is 10.2 Å². The molecule has 1 heterocycles. The van der Waals surface area contributed by atoms with Crippen LogP contribution in [0, 0.1) is 0 Å². The van der Waals surface area contributed by atoms with Crippen LogP contribution >= 0.6 is 0 Å². The zero-order valence-corrected chi connectivity index (χ0v) is 11.7. The summed E-state index contributed by atoms with van der Waals surface area (Å²) in [5.41, 5.74) is 0. The minimum absolute atomic E-state index is 0.0411. The van der Waals surface area contributed by atoms with Crippen LogP contribution in [0.25, 0.3) is 0 Å². The number of rotatable bonds is 6. The Hall–Kier alpha value is -1.14. The van der Waals surface area contributed by atoms with Crippen molar-refractivity contribution in [2.45, 2.75) is 45.2 Å². The van der Waals surface area contributed by atoms with E-state index >= 15 is 0 Å². The molecule has 0 aliphatic carbocycles. The van der Waals surface area contributed by atoms with Gasteiger partial charge in [-0.3, -0.25) is 9.59 Å². The Labute approximate surface area is 114 Å². The van der Waals surface area contributed by atoms with E-state index in [9.17, 15) is 9.59 Å². The molecule has 1 atom stereocenters. The van der Waals surface area contributed by atoms with Crippen LogP contribution in [0.15, 0.2) is 0 Å². The highest BCUT2D eigenvalue weighted by atomic mass is 16.5. The summed E-state index contributed by atoms with van der Waals surface area (Å²) in [6, 6.07) is -0.487. The molecule has 0 spiro atoms. The molecule has 1 rings (SSSR count). The van der Waals surface area contributed by atoms with Gasteiger partial charge in [-0.05, 0) is 26.7 Å². The van der Waals surface area contributed by atoms with E-state index in [4.69, 9.17) is 9.84 Å². The highest BCUT2D eigenvalue weighted by Gasteiger charge is 2.32. The van der Waals surface area contributed by atoms with E-state index < -0.39 is 6.04 Å². The van der Waals surface area contributed by atoms with E-state index in [1.807, 2.05) is 13.8 Å². The molecule has 6 heteroatoms. The fourth-order valence-electron chi connectivity index (χ4n) is 2.03. The van der Waals surface area contributed by atoms with Gasteiger partial charge >= 0.3 is 0 Å². The van der Waals surface area contributed by atoms with Crippen LogP contribution in [0.3, 0.4) is 0 Å². The molecule has 1 saturated heterocycles. The fraction of sp³-hybridized carbons (Fsp3) is 0.846. The van der Waals surface area contributed by atoms with Gasteiger partial charge in [-0.1, -0.05) is 0 Å². The summed E-state index contributed by atoms with van der Waals surface area (Å²) in [6.45, 7) is 5.03. The molecule has 1 fully saturated rings. The fourth-order valence-corrected chi connectivity index (χ4v) is 2.03. The third-order valence-electron chi connectivity index (χ3n) is 2.98. The van der Waals surface area contributed by atoms with Gasteiger partial charge in [0.1, 0.15) is 6.04 Å². The number of aliphatic hydroxyl groups is 1. The number of ether oxygens (including phenoxy) is 1. The van der Waals surface area contributed by atoms with Gasteiger partial charge < -0.3 is 20.1 Å². The third-order valence-corrected chi connectivity index (χ3v) is 2.98. The molecule has 1 aliphatic heterocycles. The number of aliphatic hydroxyl groups excluding tert-OH is 1. The molecule has 1 aliphatic rings. The molecular weight excluding hydrogens is 248 g/mol. The van der Waals surface area contributed by atoms with Crippen LogP contribution in [0.5, 0.6) is 0 Å². The summed E-state index contributed by atoms with van der Waals surface area (Å²) in [5.74, 6) is -0.203. The van der Waals surface area contributed by atoms with Crippen molar-refractivity contribution >= 4 is 11.8 Å². The highest BCUT2D eigenvalue weighted by Crippen LogP contribution is 2.11. The molecule has 1 unspecified atom stereocenters. The molecule has 19 heavy (non-hydrogen) atoms. The van der Waals surface area contributed by atoms with Gasteiger partial charge in [-0.2, -0.15) is 0 Å². The van der Waals surface area contributed by atoms with Gasteiger partial charge in [-0.15, -0.1) is 0 Å². The maximum atomic E-state index is 12.1. The van der Waals surface area contributed by atoms with Gasteiger partial charge in [0.15, 0.2) is 0 Å². The zero-order chi connectivity index (χ0) is 14.3. The lowest BCUT2D eigenvalue weighted by atomic mass is 10.1. The normalized spacial score (nSPS) is 19.6. The number of hydrogen-bond acceptors (Lipinski definition) is 4. The number of carbonyl (C=O) groups is 2. The second kappa shape index (κ2) is 8.12. The average molecular weight is 272 g/mol. The zero-order valence-electron chi connectivity index (χ0n) is 11.7. The molecule has 2 N–H and O–H groups in total. The van der Waals surface area contributed by atoms with Crippen LogP contribution < -0.4 is 5.32 Å². The quantitative estimate of drug-likeness (QED) is 0.662. The van der Waals surface area contributed by atoms with E-state index in [1.54, 1.807) is 4.90 Å². The number of nitrogens with zero attached hydrogens (tertiary/aromatic N) is 1. The van der Waals surface area contributed by atoms with Crippen molar-refractivity contribution in [2.24, 2.45) is 0 Å². The van der Waals surface area contributed by atoms with Crippen LogP contribution in [-0.4, -0.2) is 60.3 Å². The molecule has 6 nitrogen and oxygen atoms in total. The lowest BCUT2D eigenvalue weighted by Crippen LogP contribution is -2.56. The lowest BCUT2D eigenvalue weighted by molar-refractivity contribution is -0.148. The first-order valence-corrected chi connectivity index (χ1v) is 6.84. The smallest absolute Gasteiger partial charge is 0.245 e. The number of carbonyl (C=O) groups excluding carboxylic acids is 2. The molecular formula is C13H24N2O4. The van der Waals surface area contributed by atoms with Crippen molar-refractivity contribution in [3.63, 3.8) is 0 Å². The first-order valence-electron chi connectivity index (χ1n) is 6.84. The highest BCUT2D eigenvalue weighted by molar-refractivity contribution is 5.88. The standard InChI is InChI=1S/C13H24N2O4/c1-10(2)14-13(18)11-9-19-8-6-15(11)12(17)5-3-4-7-16/h10-11,16H,3-9H2,1-2H3,(H,14,18). The Morgan fingerprint density at radius 2 is 2.16 bits per heavy atom.